The molecule has 100 valence electrons. The summed E-state index contributed by atoms with van der Waals surface area (Å²) in [6.45, 7) is 5.60. The van der Waals surface area contributed by atoms with E-state index in [1.165, 1.54) is 10.8 Å². The quantitative estimate of drug-likeness (QED) is 0.781. The van der Waals surface area contributed by atoms with Crippen molar-refractivity contribution in [3.63, 3.8) is 0 Å². The van der Waals surface area contributed by atoms with Crippen LogP contribution < -0.4 is 11.2 Å². The summed E-state index contributed by atoms with van der Waals surface area (Å²) in [4.78, 5) is 36.6. The van der Waals surface area contributed by atoms with Crippen molar-refractivity contribution in [3.05, 3.63) is 32.6 Å². The van der Waals surface area contributed by atoms with Crippen LogP contribution in [0.1, 0.15) is 38.8 Å². The smallest absolute Gasteiger partial charge is 0.328 e. The number of aromatic nitrogens is 2. The summed E-state index contributed by atoms with van der Waals surface area (Å²) in [6, 6.07) is -0.348. The number of carbonyl (C=O) groups excluding carboxylic acids is 1. The Labute approximate surface area is 105 Å². The van der Waals surface area contributed by atoms with Crippen LogP contribution in [0, 0.1) is 0 Å². The Morgan fingerprint density at radius 2 is 2.11 bits per heavy atom. The Morgan fingerprint density at radius 3 is 2.67 bits per heavy atom. The summed E-state index contributed by atoms with van der Waals surface area (Å²) in [5, 5.41) is 0. The summed E-state index contributed by atoms with van der Waals surface area (Å²) in [5.41, 5.74) is -0.360. The molecule has 1 heterocycles. The number of carbonyl (C=O) groups is 1. The standard InChI is InChI=1S/C12H18N2O4/c1-4-9-7-14(12(17)13-11(9)16)8(3)6-10(15)18-5-2/h7-8H,4-6H2,1-3H3,(H,13,16,17). The average molecular weight is 254 g/mol. The zero-order valence-electron chi connectivity index (χ0n) is 10.9. The number of H-pyrrole nitrogens is 1. The highest BCUT2D eigenvalue weighted by molar-refractivity contribution is 5.69. The SMILES string of the molecule is CCOC(=O)CC(C)n1cc(CC)c(=O)[nH]c1=O. The molecule has 1 atom stereocenters. The molecule has 1 rings (SSSR count). The predicted molar refractivity (Wildman–Crippen MR) is 66.7 cm³/mol. The topological polar surface area (TPSA) is 81.2 Å². The lowest BCUT2D eigenvalue weighted by atomic mass is 10.2. The van der Waals surface area contributed by atoms with E-state index in [1.54, 1.807) is 13.8 Å². The van der Waals surface area contributed by atoms with Gasteiger partial charge in [0.15, 0.2) is 0 Å². The van der Waals surface area contributed by atoms with Gasteiger partial charge in [-0.25, -0.2) is 4.79 Å². The van der Waals surface area contributed by atoms with Crippen molar-refractivity contribution in [2.45, 2.75) is 39.7 Å². The molecule has 0 aliphatic heterocycles. The zero-order valence-corrected chi connectivity index (χ0v) is 10.9. The number of hydrogen-bond donors (Lipinski definition) is 1. The van der Waals surface area contributed by atoms with E-state index >= 15 is 0 Å². The van der Waals surface area contributed by atoms with Crippen LogP contribution in [0.25, 0.3) is 0 Å². The van der Waals surface area contributed by atoms with Gasteiger partial charge in [0.05, 0.1) is 13.0 Å². The molecule has 0 fully saturated rings. The van der Waals surface area contributed by atoms with E-state index in [1.807, 2.05) is 6.92 Å². The molecule has 18 heavy (non-hydrogen) atoms. The summed E-state index contributed by atoms with van der Waals surface area (Å²) in [6.07, 6.45) is 2.13. The van der Waals surface area contributed by atoms with Crippen LogP contribution in [0.2, 0.25) is 0 Å². The largest absolute Gasteiger partial charge is 0.466 e. The lowest BCUT2D eigenvalue weighted by Gasteiger charge is -2.14. The van der Waals surface area contributed by atoms with E-state index < -0.39 is 5.69 Å². The minimum atomic E-state index is -0.506. The van der Waals surface area contributed by atoms with Crippen LogP contribution in [-0.4, -0.2) is 22.1 Å². The van der Waals surface area contributed by atoms with Crippen molar-refractivity contribution >= 4 is 5.97 Å². The van der Waals surface area contributed by atoms with Crippen LogP contribution in [0.5, 0.6) is 0 Å². The second-order valence-electron chi connectivity index (χ2n) is 4.03. The highest BCUT2D eigenvalue weighted by Crippen LogP contribution is 2.08. The zero-order chi connectivity index (χ0) is 13.7. The maximum absolute atomic E-state index is 11.6. The van der Waals surface area contributed by atoms with Crippen molar-refractivity contribution in [1.29, 1.82) is 0 Å². The number of aromatic amines is 1. The predicted octanol–water partition coefficient (Wildman–Crippen LogP) is 0.613. The van der Waals surface area contributed by atoms with Crippen molar-refractivity contribution in [2.75, 3.05) is 6.61 Å². The van der Waals surface area contributed by atoms with E-state index in [9.17, 15) is 14.4 Å². The highest BCUT2D eigenvalue weighted by atomic mass is 16.5. The minimum absolute atomic E-state index is 0.100. The van der Waals surface area contributed by atoms with Gasteiger partial charge in [-0.3, -0.25) is 19.1 Å². The number of hydrogen-bond acceptors (Lipinski definition) is 4. The normalized spacial score (nSPS) is 12.2. The van der Waals surface area contributed by atoms with Crippen LogP contribution in [0.4, 0.5) is 0 Å². The van der Waals surface area contributed by atoms with Crippen LogP contribution >= 0.6 is 0 Å². The van der Waals surface area contributed by atoms with Crippen molar-refractivity contribution < 1.29 is 9.53 Å². The van der Waals surface area contributed by atoms with Gasteiger partial charge >= 0.3 is 11.7 Å². The molecule has 1 unspecified atom stereocenters. The van der Waals surface area contributed by atoms with Crippen LogP contribution in [0.3, 0.4) is 0 Å². The third-order valence-electron chi connectivity index (χ3n) is 2.66. The maximum Gasteiger partial charge on any atom is 0.328 e. The Morgan fingerprint density at radius 1 is 1.44 bits per heavy atom. The van der Waals surface area contributed by atoms with Gasteiger partial charge in [-0.2, -0.15) is 0 Å². The average Bonchev–Trinajstić information content (AvgIpc) is 2.29. The Balaban J connectivity index is 2.98. The van der Waals surface area contributed by atoms with Gasteiger partial charge in [0.25, 0.3) is 5.56 Å². The van der Waals surface area contributed by atoms with Crippen LogP contribution in [0.15, 0.2) is 15.8 Å². The van der Waals surface area contributed by atoms with Gasteiger partial charge in [0, 0.05) is 17.8 Å². The third kappa shape index (κ3) is 3.32. The van der Waals surface area contributed by atoms with Gasteiger partial charge in [-0.1, -0.05) is 6.92 Å². The fourth-order valence-corrected chi connectivity index (χ4v) is 1.67. The lowest BCUT2D eigenvalue weighted by molar-refractivity contribution is -0.143. The van der Waals surface area contributed by atoms with E-state index in [0.29, 0.717) is 18.6 Å². The minimum Gasteiger partial charge on any atom is -0.466 e. The Hall–Kier alpha value is -1.85. The molecular weight excluding hydrogens is 236 g/mol. The second kappa shape index (κ2) is 6.18. The molecule has 0 aliphatic rings. The highest BCUT2D eigenvalue weighted by Gasteiger charge is 2.14. The molecule has 0 bridgehead atoms. The molecular formula is C12H18N2O4. The van der Waals surface area contributed by atoms with E-state index in [-0.39, 0.29) is 24.0 Å². The second-order valence-corrected chi connectivity index (χ2v) is 4.03. The molecule has 0 aliphatic carbocycles. The van der Waals surface area contributed by atoms with Gasteiger partial charge < -0.3 is 4.74 Å². The van der Waals surface area contributed by atoms with Crippen molar-refractivity contribution in [1.82, 2.24) is 9.55 Å². The number of esters is 1. The number of rotatable bonds is 5. The molecule has 0 amide bonds. The first-order valence-electron chi connectivity index (χ1n) is 5.99. The van der Waals surface area contributed by atoms with Gasteiger partial charge in [-0.15, -0.1) is 0 Å². The molecule has 0 aromatic carbocycles. The number of ether oxygens (including phenoxy) is 1. The van der Waals surface area contributed by atoms with E-state index in [4.69, 9.17) is 4.74 Å². The third-order valence-corrected chi connectivity index (χ3v) is 2.66. The molecule has 0 radical (unpaired) electrons. The fourth-order valence-electron chi connectivity index (χ4n) is 1.67. The molecule has 1 aromatic heterocycles. The van der Waals surface area contributed by atoms with E-state index in [2.05, 4.69) is 4.98 Å². The Bertz CT molecular complexity index is 530. The molecule has 1 N–H and O–H groups in total. The first kappa shape index (κ1) is 14.2. The Kier molecular flexibility index (Phi) is 4.88. The summed E-state index contributed by atoms with van der Waals surface area (Å²) < 4.78 is 6.19. The van der Waals surface area contributed by atoms with Gasteiger partial charge in [-0.05, 0) is 20.3 Å². The van der Waals surface area contributed by atoms with Crippen molar-refractivity contribution in [2.24, 2.45) is 0 Å². The monoisotopic (exact) mass is 254 g/mol. The summed E-state index contributed by atoms with van der Waals surface area (Å²) in [7, 11) is 0. The number of nitrogens with one attached hydrogen (secondary N) is 1. The lowest BCUT2D eigenvalue weighted by Crippen LogP contribution is -2.34. The number of nitrogens with zero attached hydrogens (tertiary/aromatic N) is 1. The molecule has 6 nitrogen and oxygen atoms in total. The molecule has 6 heteroatoms. The summed E-state index contributed by atoms with van der Waals surface area (Å²) in [5.74, 6) is -0.360. The maximum atomic E-state index is 11.6. The molecule has 1 aromatic rings. The fraction of sp³-hybridized carbons (Fsp3) is 0.583. The van der Waals surface area contributed by atoms with Gasteiger partial charge in [0.1, 0.15) is 0 Å². The van der Waals surface area contributed by atoms with Crippen LogP contribution in [-0.2, 0) is 16.0 Å². The summed E-state index contributed by atoms with van der Waals surface area (Å²) >= 11 is 0. The molecule has 0 saturated carbocycles. The first-order chi connectivity index (χ1) is 8.49. The van der Waals surface area contributed by atoms with Gasteiger partial charge in [0.2, 0.25) is 0 Å². The molecule has 0 saturated heterocycles. The van der Waals surface area contributed by atoms with Crippen molar-refractivity contribution in [3.8, 4) is 0 Å². The van der Waals surface area contributed by atoms with E-state index in [0.717, 1.165) is 0 Å². The number of aryl methyl sites for hydroxylation is 1. The molecule has 0 spiro atoms. The first-order valence-corrected chi connectivity index (χ1v) is 5.99.